The first-order valence-electron chi connectivity index (χ1n) is 5.89. The Morgan fingerprint density at radius 2 is 1.81 bits per heavy atom. The molecule has 1 nitrogen and oxygen atoms in total. The van der Waals surface area contributed by atoms with Gasteiger partial charge in [-0.15, -0.1) is 0 Å². The lowest BCUT2D eigenvalue weighted by atomic mass is 9.98. The van der Waals surface area contributed by atoms with Gasteiger partial charge in [-0.25, -0.2) is 8.78 Å². The highest BCUT2D eigenvalue weighted by Gasteiger charge is 2.55. The summed E-state index contributed by atoms with van der Waals surface area (Å²) in [7, 11) is 0. The van der Waals surface area contributed by atoms with E-state index in [1.807, 2.05) is 0 Å². The van der Waals surface area contributed by atoms with Crippen LogP contribution in [-0.2, 0) is 0 Å². The molecule has 2 aliphatic rings. The lowest BCUT2D eigenvalue weighted by Gasteiger charge is -2.14. The van der Waals surface area contributed by atoms with Gasteiger partial charge in [0.15, 0.2) is 11.6 Å². The molecule has 0 saturated heterocycles. The monoisotopic (exact) mass is 223 g/mol. The molecule has 3 atom stereocenters. The van der Waals surface area contributed by atoms with E-state index in [1.54, 1.807) is 6.07 Å². The van der Waals surface area contributed by atoms with Crippen molar-refractivity contribution in [1.82, 2.24) is 0 Å². The van der Waals surface area contributed by atoms with Gasteiger partial charge in [-0.1, -0.05) is 12.5 Å². The third kappa shape index (κ3) is 1.46. The molecule has 0 aliphatic heterocycles. The molecule has 0 spiro atoms. The second-order valence-corrected chi connectivity index (χ2v) is 5.04. The summed E-state index contributed by atoms with van der Waals surface area (Å²) in [6, 6.07) is 3.90. The summed E-state index contributed by atoms with van der Waals surface area (Å²) < 4.78 is 25.9. The minimum absolute atomic E-state index is 0.120. The van der Waals surface area contributed by atoms with Crippen LogP contribution in [0.5, 0.6) is 0 Å². The van der Waals surface area contributed by atoms with E-state index in [9.17, 15) is 8.78 Å². The molecule has 0 aromatic heterocycles. The average Bonchev–Trinajstić information content (AvgIpc) is 2.74. The smallest absolute Gasteiger partial charge is 0.159 e. The van der Waals surface area contributed by atoms with Gasteiger partial charge in [0.2, 0.25) is 0 Å². The molecule has 1 aromatic rings. The third-order valence-corrected chi connectivity index (χ3v) is 4.22. The zero-order valence-electron chi connectivity index (χ0n) is 9.00. The van der Waals surface area contributed by atoms with Crippen molar-refractivity contribution in [3.05, 3.63) is 35.4 Å². The number of nitrogens with two attached hydrogens (primary N) is 1. The first-order valence-corrected chi connectivity index (χ1v) is 5.89. The molecule has 2 aliphatic carbocycles. The maximum Gasteiger partial charge on any atom is 0.159 e. The average molecular weight is 223 g/mol. The summed E-state index contributed by atoms with van der Waals surface area (Å²) in [5, 5.41) is 0. The van der Waals surface area contributed by atoms with E-state index in [-0.39, 0.29) is 6.04 Å². The number of rotatable bonds is 2. The normalized spacial score (nSPS) is 33.6. The third-order valence-electron chi connectivity index (χ3n) is 4.22. The summed E-state index contributed by atoms with van der Waals surface area (Å²) in [4.78, 5) is 0. The van der Waals surface area contributed by atoms with E-state index in [4.69, 9.17) is 5.73 Å². The quantitative estimate of drug-likeness (QED) is 0.819. The second kappa shape index (κ2) is 3.52. The Labute approximate surface area is 93.6 Å². The Morgan fingerprint density at radius 3 is 2.44 bits per heavy atom. The Hall–Kier alpha value is -0.960. The molecule has 0 amide bonds. The van der Waals surface area contributed by atoms with E-state index in [1.165, 1.54) is 31.4 Å². The fraction of sp³-hybridized carbons (Fsp3) is 0.538. The number of hydrogen-bond acceptors (Lipinski definition) is 1. The summed E-state index contributed by atoms with van der Waals surface area (Å²) in [5.74, 6) is 0.385. The highest BCUT2D eigenvalue weighted by atomic mass is 19.2. The Kier molecular flexibility index (Phi) is 2.25. The van der Waals surface area contributed by atoms with E-state index < -0.39 is 11.6 Å². The van der Waals surface area contributed by atoms with E-state index in [0.29, 0.717) is 5.92 Å². The summed E-state index contributed by atoms with van der Waals surface area (Å²) >= 11 is 0. The van der Waals surface area contributed by atoms with Gasteiger partial charge < -0.3 is 5.73 Å². The van der Waals surface area contributed by atoms with Crippen LogP contribution in [0.25, 0.3) is 0 Å². The fourth-order valence-corrected chi connectivity index (χ4v) is 3.35. The Morgan fingerprint density at radius 1 is 1.12 bits per heavy atom. The minimum Gasteiger partial charge on any atom is -0.324 e. The van der Waals surface area contributed by atoms with Crippen LogP contribution in [0.2, 0.25) is 0 Å². The van der Waals surface area contributed by atoms with Gasteiger partial charge in [0.1, 0.15) is 0 Å². The van der Waals surface area contributed by atoms with Crippen LogP contribution in [0.15, 0.2) is 18.2 Å². The van der Waals surface area contributed by atoms with Gasteiger partial charge in [-0.3, -0.25) is 0 Å². The first-order chi connectivity index (χ1) is 7.68. The standard InChI is InChI=1S/C13H15F2N/c14-10-5-4-7(6-11(10)15)13(16)12-8-2-1-3-9(8)12/h4-6,8-9,12-13H,1-3,16H2. The second-order valence-electron chi connectivity index (χ2n) is 5.04. The molecule has 86 valence electrons. The molecule has 16 heavy (non-hydrogen) atoms. The number of hydrogen-bond donors (Lipinski definition) is 1. The largest absolute Gasteiger partial charge is 0.324 e. The zero-order valence-corrected chi connectivity index (χ0v) is 9.00. The number of benzene rings is 1. The van der Waals surface area contributed by atoms with E-state index in [0.717, 1.165) is 17.4 Å². The van der Waals surface area contributed by atoms with Crippen LogP contribution in [-0.4, -0.2) is 0 Å². The van der Waals surface area contributed by atoms with Crippen molar-refractivity contribution in [2.75, 3.05) is 0 Å². The van der Waals surface area contributed by atoms with Gasteiger partial charge in [-0.2, -0.15) is 0 Å². The van der Waals surface area contributed by atoms with Crippen LogP contribution in [0.3, 0.4) is 0 Å². The molecular weight excluding hydrogens is 208 g/mol. The summed E-state index contributed by atoms with van der Waals surface area (Å²) in [6.07, 6.45) is 3.82. The van der Waals surface area contributed by atoms with Crippen LogP contribution in [0.1, 0.15) is 30.9 Å². The molecule has 0 heterocycles. The fourth-order valence-electron chi connectivity index (χ4n) is 3.35. The van der Waals surface area contributed by atoms with Crippen LogP contribution < -0.4 is 5.73 Å². The van der Waals surface area contributed by atoms with Crippen molar-refractivity contribution in [3.8, 4) is 0 Å². The molecule has 2 saturated carbocycles. The number of halogens is 2. The number of fused-ring (bicyclic) bond motifs is 1. The zero-order chi connectivity index (χ0) is 11.3. The molecule has 3 rings (SSSR count). The maximum absolute atomic E-state index is 13.1. The lowest BCUT2D eigenvalue weighted by Crippen LogP contribution is -2.15. The van der Waals surface area contributed by atoms with E-state index >= 15 is 0 Å². The molecular formula is C13H15F2N. The lowest BCUT2D eigenvalue weighted by molar-refractivity contribution is 0.484. The topological polar surface area (TPSA) is 26.0 Å². The molecule has 2 N–H and O–H groups in total. The molecule has 0 bridgehead atoms. The van der Waals surface area contributed by atoms with Crippen LogP contribution in [0, 0.1) is 29.4 Å². The summed E-state index contributed by atoms with van der Waals surface area (Å²) in [6.45, 7) is 0. The maximum atomic E-state index is 13.1. The molecule has 0 radical (unpaired) electrons. The van der Waals surface area contributed by atoms with Crippen molar-refractivity contribution in [1.29, 1.82) is 0 Å². The molecule has 2 fully saturated rings. The minimum atomic E-state index is -0.799. The van der Waals surface area contributed by atoms with Gasteiger partial charge in [0.25, 0.3) is 0 Å². The van der Waals surface area contributed by atoms with Gasteiger partial charge >= 0.3 is 0 Å². The van der Waals surface area contributed by atoms with Crippen molar-refractivity contribution < 1.29 is 8.78 Å². The predicted octanol–water partition coefficient (Wildman–Crippen LogP) is 3.01. The van der Waals surface area contributed by atoms with Crippen molar-refractivity contribution in [3.63, 3.8) is 0 Å². The van der Waals surface area contributed by atoms with Gasteiger partial charge in [0, 0.05) is 6.04 Å². The molecule has 1 aromatic carbocycles. The highest BCUT2D eigenvalue weighted by molar-refractivity contribution is 5.24. The van der Waals surface area contributed by atoms with Crippen molar-refractivity contribution in [2.24, 2.45) is 23.5 Å². The Balaban J connectivity index is 1.79. The first kappa shape index (κ1) is 10.2. The van der Waals surface area contributed by atoms with E-state index in [2.05, 4.69) is 0 Å². The highest BCUT2D eigenvalue weighted by Crippen LogP contribution is 2.61. The SMILES string of the molecule is NC(c1ccc(F)c(F)c1)C1C2CCCC21. The van der Waals surface area contributed by atoms with Crippen LogP contribution in [0.4, 0.5) is 8.78 Å². The van der Waals surface area contributed by atoms with Crippen LogP contribution >= 0.6 is 0 Å². The predicted molar refractivity (Wildman–Crippen MR) is 57.6 cm³/mol. The molecule has 3 heteroatoms. The van der Waals surface area contributed by atoms with Gasteiger partial charge in [-0.05, 0) is 48.3 Å². The molecule has 3 unspecified atom stereocenters. The Bertz CT molecular complexity index is 408. The van der Waals surface area contributed by atoms with Gasteiger partial charge in [0.05, 0.1) is 0 Å². The van der Waals surface area contributed by atoms with Crippen molar-refractivity contribution in [2.45, 2.75) is 25.3 Å². The van der Waals surface area contributed by atoms with Crippen molar-refractivity contribution >= 4 is 0 Å². The summed E-state index contributed by atoms with van der Waals surface area (Å²) in [5.41, 5.74) is 6.85.